The Labute approximate surface area is 227 Å². The first-order valence-corrected chi connectivity index (χ1v) is 13.2. The van der Waals surface area contributed by atoms with Crippen LogP contribution in [0.15, 0.2) is 152 Å². The number of rotatable bonds is 9. The van der Waals surface area contributed by atoms with Gasteiger partial charge in [-0.25, -0.2) is 0 Å². The lowest BCUT2D eigenvalue weighted by Gasteiger charge is -2.26. The van der Waals surface area contributed by atoms with E-state index in [-0.39, 0.29) is 0 Å². The number of hydrogen-bond acceptors (Lipinski definition) is 1. The topological polar surface area (TPSA) is 3.24 Å². The molecule has 38 heavy (non-hydrogen) atoms. The van der Waals surface area contributed by atoms with Crippen LogP contribution in [0.2, 0.25) is 0 Å². The number of allylic oxidation sites excluding steroid dienone is 2. The van der Waals surface area contributed by atoms with E-state index >= 15 is 0 Å². The molecule has 0 saturated heterocycles. The zero-order chi connectivity index (χ0) is 26.0. The van der Waals surface area contributed by atoms with E-state index in [0.717, 1.165) is 13.1 Å². The summed E-state index contributed by atoms with van der Waals surface area (Å²) in [6.07, 6.45) is 6.60. The predicted octanol–water partition coefficient (Wildman–Crippen LogP) is 9.35. The van der Waals surface area contributed by atoms with Crippen LogP contribution in [-0.4, -0.2) is 0 Å². The number of nitrogens with zero attached hydrogens (tertiary/aromatic N) is 1. The van der Waals surface area contributed by atoms with Crippen LogP contribution in [0.4, 0.5) is 5.69 Å². The molecule has 1 nitrogen and oxygen atoms in total. The molecule has 186 valence electrons. The summed E-state index contributed by atoms with van der Waals surface area (Å²) in [6, 6.07) is 49.4. The van der Waals surface area contributed by atoms with Crippen molar-refractivity contribution >= 4 is 17.3 Å². The quantitative estimate of drug-likeness (QED) is 0.186. The molecular formula is C37H33N. The minimum Gasteiger partial charge on any atom is -0.363 e. The van der Waals surface area contributed by atoms with E-state index < -0.39 is 0 Å². The lowest BCUT2D eigenvalue weighted by atomic mass is 9.97. The van der Waals surface area contributed by atoms with E-state index in [1.807, 2.05) is 0 Å². The van der Waals surface area contributed by atoms with Gasteiger partial charge in [0.2, 0.25) is 0 Å². The Morgan fingerprint density at radius 3 is 1.53 bits per heavy atom. The van der Waals surface area contributed by atoms with Crippen LogP contribution in [-0.2, 0) is 13.1 Å². The molecule has 5 aromatic rings. The van der Waals surface area contributed by atoms with E-state index in [1.54, 1.807) is 0 Å². The summed E-state index contributed by atoms with van der Waals surface area (Å²) in [5, 5.41) is 0. The normalized spacial score (nSPS) is 10.9. The fourth-order valence-corrected chi connectivity index (χ4v) is 4.73. The van der Waals surface area contributed by atoms with Crippen molar-refractivity contribution in [2.24, 2.45) is 0 Å². The fourth-order valence-electron chi connectivity index (χ4n) is 4.73. The molecule has 0 spiro atoms. The van der Waals surface area contributed by atoms with E-state index in [2.05, 4.69) is 170 Å². The minimum atomic E-state index is 0.866. The van der Waals surface area contributed by atoms with Crippen molar-refractivity contribution in [3.63, 3.8) is 0 Å². The SMILES string of the molecule is Cc1cc(N(Cc2ccccc2)Cc2ccccc2)ccc1/C=C\C=C(c1ccccc1)c1ccccc1. The number of anilines is 1. The van der Waals surface area contributed by atoms with Crippen LogP contribution in [0.1, 0.15) is 33.4 Å². The van der Waals surface area contributed by atoms with Crippen LogP contribution in [0.25, 0.3) is 11.6 Å². The zero-order valence-electron chi connectivity index (χ0n) is 21.9. The monoisotopic (exact) mass is 491 g/mol. The van der Waals surface area contributed by atoms with Gasteiger partial charge in [-0.2, -0.15) is 0 Å². The smallest absolute Gasteiger partial charge is 0.0433 e. The molecule has 0 atom stereocenters. The van der Waals surface area contributed by atoms with E-state index in [9.17, 15) is 0 Å². The van der Waals surface area contributed by atoms with Gasteiger partial charge in [-0.15, -0.1) is 0 Å². The molecule has 5 aromatic carbocycles. The van der Waals surface area contributed by atoms with Crippen molar-refractivity contribution in [1.82, 2.24) is 0 Å². The third-order valence-electron chi connectivity index (χ3n) is 6.76. The average molecular weight is 492 g/mol. The van der Waals surface area contributed by atoms with Gasteiger partial charge in [-0.05, 0) is 58.0 Å². The molecule has 1 heteroatoms. The highest BCUT2D eigenvalue weighted by Crippen LogP contribution is 2.26. The molecule has 0 saturated carbocycles. The van der Waals surface area contributed by atoms with Gasteiger partial charge in [0.1, 0.15) is 0 Å². The maximum absolute atomic E-state index is 2.45. The molecule has 0 fully saturated rings. The van der Waals surface area contributed by atoms with Crippen molar-refractivity contribution in [1.29, 1.82) is 0 Å². The van der Waals surface area contributed by atoms with Crippen molar-refractivity contribution in [3.05, 3.63) is 185 Å². The van der Waals surface area contributed by atoms with Gasteiger partial charge < -0.3 is 4.90 Å². The standard InChI is InChI=1S/C37H33N/c1-30-27-36(38(28-31-15-6-2-7-16-31)29-32-17-8-3-9-18-32)26-25-33(30)23-14-24-37(34-19-10-4-11-20-34)35-21-12-5-13-22-35/h2-27H,28-29H2,1H3/b23-14-. The van der Waals surface area contributed by atoms with Gasteiger partial charge in [0.05, 0.1) is 0 Å². The molecule has 0 aliphatic heterocycles. The molecule has 0 radical (unpaired) electrons. The Bertz CT molecular complexity index is 1400. The predicted molar refractivity (Wildman–Crippen MR) is 163 cm³/mol. The molecular weight excluding hydrogens is 458 g/mol. The van der Waals surface area contributed by atoms with Crippen molar-refractivity contribution < 1.29 is 0 Å². The lowest BCUT2D eigenvalue weighted by molar-refractivity contribution is 0.799. The Balaban J connectivity index is 1.41. The zero-order valence-corrected chi connectivity index (χ0v) is 21.9. The summed E-state index contributed by atoms with van der Waals surface area (Å²) in [7, 11) is 0. The molecule has 0 amide bonds. The maximum atomic E-state index is 2.45. The first kappa shape index (κ1) is 25.0. The van der Waals surface area contributed by atoms with Gasteiger partial charge in [-0.3, -0.25) is 0 Å². The molecule has 0 N–H and O–H groups in total. The molecule has 0 unspecified atom stereocenters. The summed E-state index contributed by atoms with van der Waals surface area (Å²) >= 11 is 0. The Hall–Kier alpha value is -4.62. The highest BCUT2D eigenvalue weighted by Gasteiger charge is 2.10. The molecule has 0 aromatic heterocycles. The van der Waals surface area contributed by atoms with Gasteiger partial charge >= 0.3 is 0 Å². The average Bonchev–Trinajstić information content (AvgIpc) is 2.98. The second-order valence-electron chi connectivity index (χ2n) is 9.54. The first-order valence-electron chi connectivity index (χ1n) is 13.2. The molecule has 0 heterocycles. The number of benzene rings is 5. The largest absolute Gasteiger partial charge is 0.363 e. The second kappa shape index (κ2) is 12.6. The second-order valence-corrected chi connectivity index (χ2v) is 9.54. The van der Waals surface area contributed by atoms with E-state index in [0.29, 0.717) is 0 Å². The number of hydrogen-bond donors (Lipinski definition) is 0. The number of aryl methyl sites for hydroxylation is 1. The van der Waals surface area contributed by atoms with E-state index in [1.165, 1.54) is 44.6 Å². The third kappa shape index (κ3) is 6.57. The Morgan fingerprint density at radius 2 is 1.05 bits per heavy atom. The van der Waals surface area contributed by atoms with Crippen LogP contribution in [0.3, 0.4) is 0 Å². The maximum Gasteiger partial charge on any atom is 0.0433 e. The van der Waals surface area contributed by atoms with Crippen LogP contribution in [0, 0.1) is 6.92 Å². The highest BCUT2D eigenvalue weighted by atomic mass is 15.1. The Morgan fingerprint density at radius 1 is 0.579 bits per heavy atom. The molecule has 0 aliphatic rings. The van der Waals surface area contributed by atoms with Crippen LogP contribution >= 0.6 is 0 Å². The highest BCUT2D eigenvalue weighted by molar-refractivity contribution is 5.81. The van der Waals surface area contributed by atoms with Gasteiger partial charge in [0, 0.05) is 18.8 Å². The van der Waals surface area contributed by atoms with Crippen LogP contribution < -0.4 is 4.90 Å². The molecule has 0 aliphatic carbocycles. The first-order chi connectivity index (χ1) is 18.8. The molecule has 5 rings (SSSR count). The summed E-state index contributed by atoms with van der Waals surface area (Å²) in [5.41, 5.74) is 9.99. The van der Waals surface area contributed by atoms with Gasteiger partial charge in [0.25, 0.3) is 0 Å². The fraction of sp³-hybridized carbons (Fsp3) is 0.0811. The van der Waals surface area contributed by atoms with E-state index in [4.69, 9.17) is 0 Å². The van der Waals surface area contributed by atoms with Crippen molar-refractivity contribution in [2.45, 2.75) is 20.0 Å². The summed E-state index contributed by atoms with van der Waals surface area (Å²) in [5.74, 6) is 0. The molecule has 0 bridgehead atoms. The van der Waals surface area contributed by atoms with Gasteiger partial charge in [0.15, 0.2) is 0 Å². The van der Waals surface area contributed by atoms with Crippen LogP contribution in [0.5, 0.6) is 0 Å². The van der Waals surface area contributed by atoms with Crippen molar-refractivity contribution in [2.75, 3.05) is 4.90 Å². The summed E-state index contributed by atoms with van der Waals surface area (Å²) in [6.45, 7) is 3.93. The third-order valence-corrected chi connectivity index (χ3v) is 6.76. The van der Waals surface area contributed by atoms with Crippen molar-refractivity contribution in [3.8, 4) is 0 Å². The summed E-state index contributed by atoms with van der Waals surface area (Å²) < 4.78 is 0. The Kier molecular flexibility index (Phi) is 8.28. The van der Waals surface area contributed by atoms with Gasteiger partial charge in [-0.1, -0.05) is 146 Å². The summed E-state index contributed by atoms with van der Waals surface area (Å²) in [4.78, 5) is 2.45. The minimum absolute atomic E-state index is 0.866. The lowest BCUT2D eigenvalue weighted by Crippen LogP contribution is -2.22.